The second-order valence-corrected chi connectivity index (χ2v) is 10.9. The fourth-order valence-corrected chi connectivity index (χ4v) is 5.74. The molecule has 2 fully saturated rings. The second-order valence-electron chi connectivity index (χ2n) is 8.91. The molecule has 190 valence electrons. The molecule has 2 aromatic carbocycles. The number of rotatable bonds is 10. The monoisotopic (exact) mass is 512 g/mol. The Morgan fingerprint density at radius 2 is 1.97 bits per heavy atom. The van der Waals surface area contributed by atoms with E-state index in [1.807, 2.05) is 0 Å². The highest BCUT2D eigenvalue weighted by molar-refractivity contribution is 7.91. The van der Waals surface area contributed by atoms with Gasteiger partial charge >= 0.3 is 5.97 Å². The lowest BCUT2D eigenvalue weighted by Crippen LogP contribution is -2.60. The molecule has 2 aromatic rings. The van der Waals surface area contributed by atoms with Gasteiger partial charge in [0.25, 0.3) is 0 Å². The Morgan fingerprint density at radius 1 is 1.23 bits per heavy atom. The van der Waals surface area contributed by atoms with E-state index in [-0.39, 0.29) is 44.5 Å². The number of aliphatic carboxylic acids is 1. The number of para-hydroxylation sites is 1. The molecule has 0 amide bonds. The van der Waals surface area contributed by atoms with Gasteiger partial charge in [-0.1, -0.05) is 36.4 Å². The summed E-state index contributed by atoms with van der Waals surface area (Å²) in [5, 5.41) is 9.63. The van der Waals surface area contributed by atoms with E-state index in [9.17, 15) is 26.4 Å². The van der Waals surface area contributed by atoms with E-state index < -0.39 is 45.1 Å². The number of hydrogen-bond donors (Lipinski definition) is 3. The van der Waals surface area contributed by atoms with Gasteiger partial charge in [0.2, 0.25) is 15.0 Å². The van der Waals surface area contributed by atoms with Gasteiger partial charge in [0.15, 0.2) is 11.6 Å². The predicted octanol–water partition coefficient (Wildman–Crippen LogP) is 3.34. The molecule has 3 N–H and O–H groups in total. The molecule has 0 aromatic heterocycles. The van der Waals surface area contributed by atoms with Crippen molar-refractivity contribution in [1.29, 1.82) is 0 Å². The van der Waals surface area contributed by atoms with Crippen LogP contribution in [0.3, 0.4) is 0 Å². The van der Waals surface area contributed by atoms with Gasteiger partial charge in [0, 0.05) is 24.4 Å². The first-order chi connectivity index (χ1) is 16.6. The summed E-state index contributed by atoms with van der Waals surface area (Å²) in [6, 6.07) is 9.60. The van der Waals surface area contributed by atoms with Crippen LogP contribution in [-0.4, -0.2) is 55.9 Å². The number of carboxylic acid groups (broad SMARTS) is 1. The molecule has 7 nitrogen and oxygen atoms in total. The van der Waals surface area contributed by atoms with Crippen molar-refractivity contribution in [3.05, 3.63) is 53.8 Å². The van der Waals surface area contributed by atoms with Gasteiger partial charge in [-0.2, -0.15) is 0 Å². The van der Waals surface area contributed by atoms with Crippen LogP contribution in [-0.2, 0) is 21.2 Å². The fourth-order valence-electron chi connectivity index (χ4n) is 4.22. The third-order valence-electron chi connectivity index (χ3n) is 6.29. The topological polar surface area (TPSA) is 105 Å². The molecule has 3 atom stereocenters. The number of carboxylic acids is 1. The van der Waals surface area contributed by atoms with Crippen molar-refractivity contribution in [3.8, 4) is 16.9 Å². The van der Waals surface area contributed by atoms with Crippen LogP contribution in [0.15, 0.2) is 42.5 Å². The summed E-state index contributed by atoms with van der Waals surface area (Å²) in [6.07, 6.45) is -1.62. The van der Waals surface area contributed by atoms with E-state index in [0.29, 0.717) is 17.7 Å². The van der Waals surface area contributed by atoms with Gasteiger partial charge in [-0.15, -0.1) is 0 Å². The third-order valence-corrected chi connectivity index (χ3v) is 8.24. The highest BCUT2D eigenvalue weighted by Gasteiger charge is 2.57. The SMILES string of the molecule is O=C(O)CCOc1c(F)cccc1-c1cccc(C[C@@H]2NCC[C@H](F)[C@@H]2NS(=O)(=O)C2(F)CC2)c1. The fraction of sp³-hybridized carbons (Fsp3) is 0.458. The lowest BCUT2D eigenvalue weighted by molar-refractivity contribution is -0.137. The number of benzene rings is 2. The molecule has 1 heterocycles. The molecule has 0 bridgehead atoms. The van der Waals surface area contributed by atoms with Crippen molar-refractivity contribution in [2.75, 3.05) is 13.2 Å². The summed E-state index contributed by atoms with van der Waals surface area (Å²) < 4.78 is 76.0. The minimum absolute atomic E-state index is 0.0752. The van der Waals surface area contributed by atoms with Gasteiger partial charge in [-0.25, -0.2) is 26.3 Å². The van der Waals surface area contributed by atoms with Crippen molar-refractivity contribution in [2.24, 2.45) is 0 Å². The molecule has 0 unspecified atom stereocenters. The van der Waals surface area contributed by atoms with Crippen LogP contribution >= 0.6 is 0 Å². The molecule has 2 aliphatic rings. The van der Waals surface area contributed by atoms with Crippen LogP contribution in [0.25, 0.3) is 11.1 Å². The van der Waals surface area contributed by atoms with Crippen LogP contribution in [0, 0.1) is 5.82 Å². The summed E-state index contributed by atoms with van der Waals surface area (Å²) >= 11 is 0. The smallest absolute Gasteiger partial charge is 0.306 e. The Bertz CT molecular complexity index is 1190. The van der Waals surface area contributed by atoms with Crippen LogP contribution < -0.4 is 14.8 Å². The average Bonchev–Trinajstić information content (AvgIpc) is 3.56. The number of ether oxygens (including phenoxy) is 1. The zero-order valence-corrected chi connectivity index (χ0v) is 19.7. The Kier molecular flexibility index (Phi) is 7.39. The molecular formula is C24H27F3N2O5S. The normalized spacial score (nSPS) is 23.6. The number of hydrogen-bond acceptors (Lipinski definition) is 5. The van der Waals surface area contributed by atoms with Crippen molar-refractivity contribution in [1.82, 2.24) is 10.0 Å². The van der Waals surface area contributed by atoms with Crippen LogP contribution in [0.1, 0.15) is 31.2 Å². The quantitative estimate of drug-likeness (QED) is 0.451. The lowest BCUT2D eigenvalue weighted by Gasteiger charge is -2.36. The van der Waals surface area contributed by atoms with Crippen molar-refractivity contribution >= 4 is 16.0 Å². The van der Waals surface area contributed by atoms with Crippen molar-refractivity contribution in [2.45, 2.75) is 55.4 Å². The second kappa shape index (κ2) is 10.2. The summed E-state index contributed by atoms with van der Waals surface area (Å²) in [6.45, 7) is 0.140. The Morgan fingerprint density at radius 3 is 2.69 bits per heavy atom. The number of carbonyl (C=O) groups is 1. The first kappa shape index (κ1) is 25.5. The molecule has 1 saturated carbocycles. The number of piperidine rings is 1. The maximum absolute atomic E-state index is 14.8. The zero-order valence-electron chi connectivity index (χ0n) is 18.8. The van der Waals surface area contributed by atoms with E-state index in [0.717, 1.165) is 5.56 Å². The van der Waals surface area contributed by atoms with Crippen LogP contribution in [0.2, 0.25) is 0 Å². The Labute approximate surface area is 201 Å². The first-order valence-electron chi connectivity index (χ1n) is 11.4. The van der Waals surface area contributed by atoms with E-state index in [2.05, 4.69) is 10.0 Å². The number of sulfonamides is 1. The van der Waals surface area contributed by atoms with E-state index >= 15 is 0 Å². The third kappa shape index (κ3) is 5.79. The van der Waals surface area contributed by atoms with Gasteiger partial charge in [-0.3, -0.25) is 4.79 Å². The highest BCUT2D eigenvalue weighted by atomic mass is 32.2. The predicted molar refractivity (Wildman–Crippen MR) is 124 cm³/mol. The maximum atomic E-state index is 14.8. The van der Waals surface area contributed by atoms with Crippen LogP contribution in [0.5, 0.6) is 5.75 Å². The molecule has 1 saturated heterocycles. The Balaban J connectivity index is 1.55. The molecule has 35 heavy (non-hydrogen) atoms. The van der Waals surface area contributed by atoms with E-state index in [1.165, 1.54) is 12.1 Å². The van der Waals surface area contributed by atoms with E-state index in [1.54, 1.807) is 30.3 Å². The van der Waals surface area contributed by atoms with Crippen molar-refractivity contribution in [3.63, 3.8) is 0 Å². The minimum atomic E-state index is -4.32. The standard InChI is InChI=1S/C24H27F3N2O5S/c25-18-7-11-28-20(22(18)29-35(32,33)24(27)9-10-24)14-15-3-1-4-16(13-15)17-5-2-6-19(26)23(17)34-12-8-21(30)31/h1-6,13,18,20,22,28-29H,7-12,14H2,(H,30,31)/t18-,20-,22-/m0/s1. The maximum Gasteiger partial charge on any atom is 0.306 e. The van der Waals surface area contributed by atoms with Gasteiger partial charge < -0.3 is 15.2 Å². The number of alkyl halides is 2. The molecule has 0 radical (unpaired) electrons. The summed E-state index contributed by atoms with van der Waals surface area (Å²) in [5.74, 6) is -1.78. The molecule has 1 aliphatic carbocycles. The molecule has 1 aliphatic heterocycles. The lowest BCUT2D eigenvalue weighted by atomic mass is 9.91. The van der Waals surface area contributed by atoms with Crippen LogP contribution in [0.4, 0.5) is 13.2 Å². The average molecular weight is 513 g/mol. The minimum Gasteiger partial charge on any atom is -0.489 e. The molecule has 4 rings (SSSR count). The molecule has 11 heteroatoms. The van der Waals surface area contributed by atoms with E-state index in [4.69, 9.17) is 9.84 Å². The van der Waals surface area contributed by atoms with Gasteiger partial charge in [0.05, 0.1) is 19.1 Å². The highest BCUT2D eigenvalue weighted by Crippen LogP contribution is 2.44. The molecular weight excluding hydrogens is 485 g/mol. The zero-order chi connectivity index (χ0) is 25.2. The van der Waals surface area contributed by atoms with Crippen molar-refractivity contribution < 1.29 is 36.2 Å². The largest absolute Gasteiger partial charge is 0.489 e. The molecule has 0 spiro atoms. The number of nitrogens with one attached hydrogen (secondary N) is 2. The Hall–Kier alpha value is -2.63. The summed E-state index contributed by atoms with van der Waals surface area (Å²) in [4.78, 5) is 10.8. The summed E-state index contributed by atoms with van der Waals surface area (Å²) in [5.41, 5.74) is 1.74. The van der Waals surface area contributed by atoms with Gasteiger partial charge in [0.1, 0.15) is 6.17 Å². The first-order valence-corrected chi connectivity index (χ1v) is 12.9. The van der Waals surface area contributed by atoms with Gasteiger partial charge in [-0.05, 0) is 36.6 Å². The number of halogens is 3. The summed E-state index contributed by atoms with van der Waals surface area (Å²) in [7, 11) is -4.32.